The maximum absolute atomic E-state index is 12.1. The third-order valence-electron chi connectivity index (χ3n) is 6.28. The van der Waals surface area contributed by atoms with Crippen LogP contribution in [0.3, 0.4) is 0 Å². The molecule has 0 heterocycles. The Morgan fingerprint density at radius 3 is 1.59 bits per heavy atom. The molecule has 0 radical (unpaired) electrons. The molecular formula is C27H54O2. The summed E-state index contributed by atoms with van der Waals surface area (Å²) in [5.74, 6) is 0.882. The van der Waals surface area contributed by atoms with Crippen molar-refractivity contribution in [3.8, 4) is 0 Å². The first-order valence-corrected chi connectivity index (χ1v) is 13.3. The van der Waals surface area contributed by atoms with Crippen LogP contribution in [0.5, 0.6) is 0 Å². The van der Waals surface area contributed by atoms with Gasteiger partial charge in [0.25, 0.3) is 0 Å². The van der Waals surface area contributed by atoms with Gasteiger partial charge in [-0.3, -0.25) is 4.79 Å². The van der Waals surface area contributed by atoms with Crippen LogP contribution < -0.4 is 0 Å². The SMILES string of the molecule is CCCCCCCCCCCCCCOC(=O)C(C)CCCC(C)CCCCC. The van der Waals surface area contributed by atoms with E-state index in [-0.39, 0.29) is 11.9 Å². The largest absolute Gasteiger partial charge is 0.465 e. The highest BCUT2D eigenvalue weighted by atomic mass is 16.5. The molecule has 0 saturated heterocycles. The van der Waals surface area contributed by atoms with E-state index in [2.05, 4.69) is 20.8 Å². The van der Waals surface area contributed by atoms with Gasteiger partial charge in [0.15, 0.2) is 0 Å². The van der Waals surface area contributed by atoms with Gasteiger partial charge in [-0.15, -0.1) is 0 Å². The molecule has 29 heavy (non-hydrogen) atoms. The van der Waals surface area contributed by atoms with Crippen LogP contribution in [0.1, 0.15) is 150 Å². The van der Waals surface area contributed by atoms with Crippen molar-refractivity contribution in [3.63, 3.8) is 0 Å². The summed E-state index contributed by atoms with van der Waals surface area (Å²) in [6, 6.07) is 0. The second-order valence-electron chi connectivity index (χ2n) is 9.49. The summed E-state index contributed by atoms with van der Waals surface area (Å²) < 4.78 is 5.49. The van der Waals surface area contributed by atoms with Crippen LogP contribution in [0, 0.1) is 11.8 Å². The Morgan fingerprint density at radius 2 is 1.03 bits per heavy atom. The van der Waals surface area contributed by atoms with Crippen LogP contribution in [0.15, 0.2) is 0 Å². The highest BCUT2D eigenvalue weighted by Crippen LogP contribution is 2.19. The molecule has 0 aromatic carbocycles. The standard InChI is InChI=1S/C27H54O2/c1-5-7-9-10-11-12-13-14-15-16-17-19-24-29-27(28)26(4)23-20-22-25(3)21-18-8-6-2/h25-26H,5-24H2,1-4H3. The second kappa shape index (κ2) is 22.2. The van der Waals surface area contributed by atoms with Crippen molar-refractivity contribution in [2.75, 3.05) is 6.61 Å². The average molecular weight is 411 g/mol. The van der Waals surface area contributed by atoms with E-state index in [1.165, 1.54) is 103 Å². The molecule has 174 valence electrons. The lowest BCUT2D eigenvalue weighted by atomic mass is 9.95. The lowest BCUT2D eigenvalue weighted by Gasteiger charge is -2.14. The Labute approximate surface area is 184 Å². The Morgan fingerprint density at radius 1 is 0.586 bits per heavy atom. The van der Waals surface area contributed by atoms with Gasteiger partial charge in [-0.05, 0) is 18.8 Å². The fourth-order valence-electron chi connectivity index (χ4n) is 4.04. The highest BCUT2D eigenvalue weighted by molar-refractivity contribution is 5.71. The molecule has 0 aromatic rings. The molecule has 0 bridgehead atoms. The number of esters is 1. The van der Waals surface area contributed by atoms with E-state index in [1.807, 2.05) is 6.92 Å². The van der Waals surface area contributed by atoms with Crippen LogP contribution in [-0.2, 0) is 9.53 Å². The van der Waals surface area contributed by atoms with E-state index in [4.69, 9.17) is 4.74 Å². The topological polar surface area (TPSA) is 26.3 Å². The summed E-state index contributed by atoms with van der Waals surface area (Å²) in [6.07, 6.45) is 24.8. The van der Waals surface area contributed by atoms with Crippen molar-refractivity contribution in [1.29, 1.82) is 0 Å². The maximum atomic E-state index is 12.1. The Bertz CT molecular complexity index is 339. The van der Waals surface area contributed by atoms with Gasteiger partial charge in [-0.25, -0.2) is 0 Å². The molecule has 0 N–H and O–H groups in total. The van der Waals surface area contributed by atoms with E-state index in [9.17, 15) is 4.79 Å². The molecular weight excluding hydrogens is 356 g/mol. The van der Waals surface area contributed by atoms with Crippen LogP contribution in [-0.4, -0.2) is 12.6 Å². The third kappa shape index (κ3) is 20.5. The summed E-state index contributed by atoms with van der Waals surface area (Å²) in [5.41, 5.74) is 0. The predicted octanol–water partition coefficient (Wildman–Crippen LogP) is 9.25. The van der Waals surface area contributed by atoms with E-state index in [0.29, 0.717) is 6.61 Å². The summed E-state index contributed by atoms with van der Waals surface area (Å²) in [4.78, 5) is 12.1. The summed E-state index contributed by atoms with van der Waals surface area (Å²) in [6.45, 7) is 9.54. The van der Waals surface area contributed by atoms with E-state index >= 15 is 0 Å². The first kappa shape index (κ1) is 28.5. The van der Waals surface area contributed by atoms with Crippen LogP contribution in [0.25, 0.3) is 0 Å². The fraction of sp³-hybridized carbons (Fsp3) is 0.963. The molecule has 0 amide bonds. The molecule has 0 fully saturated rings. The smallest absolute Gasteiger partial charge is 0.308 e. The second-order valence-corrected chi connectivity index (χ2v) is 9.49. The van der Waals surface area contributed by atoms with Crippen molar-refractivity contribution in [1.82, 2.24) is 0 Å². The molecule has 0 rings (SSSR count). The predicted molar refractivity (Wildman–Crippen MR) is 128 cm³/mol. The number of rotatable bonds is 22. The lowest BCUT2D eigenvalue weighted by Crippen LogP contribution is -2.15. The summed E-state index contributed by atoms with van der Waals surface area (Å²) >= 11 is 0. The van der Waals surface area contributed by atoms with Crippen LogP contribution in [0.4, 0.5) is 0 Å². The first-order valence-electron chi connectivity index (χ1n) is 13.3. The average Bonchev–Trinajstić information content (AvgIpc) is 2.71. The lowest BCUT2D eigenvalue weighted by molar-refractivity contribution is -0.148. The summed E-state index contributed by atoms with van der Waals surface area (Å²) in [7, 11) is 0. The number of carbonyl (C=O) groups excluding carboxylic acids is 1. The third-order valence-corrected chi connectivity index (χ3v) is 6.28. The van der Waals surface area contributed by atoms with Crippen molar-refractivity contribution in [2.24, 2.45) is 11.8 Å². The molecule has 0 saturated carbocycles. The van der Waals surface area contributed by atoms with Gasteiger partial charge in [0.1, 0.15) is 0 Å². The zero-order chi connectivity index (χ0) is 21.6. The summed E-state index contributed by atoms with van der Waals surface area (Å²) in [5, 5.41) is 0. The minimum Gasteiger partial charge on any atom is -0.465 e. The Kier molecular flexibility index (Phi) is 21.8. The fourth-order valence-corrected chi connectivity index (χ4v) is 4.04. The molecule has 2 atom stereocenters. The molecule has 0 aliphatic rings. The molecule has 2 heteroatoms. The number of unbranched alkanes of at least 4 members (excludes halogenated alkanes) is 13. The molecule has 0 aliphatic carbocycles. The Balaban J connectivity index is 3.39. The van der Waals surface area contributed by atoms with Gasteiger partial charge >= 0.3 is 5.97 Å². The van der Waals surface area contributed by atoms with E-state index in [0.717, 1.165) is 25.2 Å². The van der Waals surface area contributed by atoms with E-state index < -0.39 is 0 Å². The van der Waals surface area contributed by atoms with Gasteiger partial charge in [0.2, 0.25) is 0 Å². The van der Waals surface area contributed by atoms with Gasteiger partial charge in [-0.2, -0.15) is 0 Å². The zero-order valence-electron chi connectivity index (χ0n) is 20.6. The highest BCUT2D eigenvalue weighted by Gasteiger charge is 2.14. The Hall–Kier alpha value is -0.530. The molecule has 0 aromatic heterocycles. The van der Waals surface area contributed by atoms with Gasteiger partial charge in [0.05, 0.1) is 12.5 Å². The van der Waals surface area contributed by atoms with Crippen LogP contribution >= 0.6 is 0 Å². The number of carbonyl (C=O) groups is 1. The number of ether oxygens (including phenoxy) is 1. The number of hydrogen-bond acceptors (Lipinski definition) is 2. The van der Waals surface area contributed by atoms with E-state index in [1.54, 1.807) is 0 Å². The normalized spacial score (nSPS) is 13.4. The van der Waals surface area contributed by atoms with Crippen molar-refractivity contribution < 1.29 is 9.53 Å². The van der Waals surface area contributed by atoms with Gasteiger partial charge < -0.3 is 4.74 Å². The van der Waals surface area contributed by atoms with Crippen molar-refractivity contribution >= 4 is 5.97 Å². The molecule has 2 unspecified atom stereocenters. The quantitative estimate of drug-likeness (QED) is 0.131. The molecule has 0 spiro atoms. The van der Waals surface area contributed by atoms with Gasteiger partial charge in [-0.1, -0.05) is 137 Å². The van der Waals surface area contributed by atoms with Crippen molar-refractivity contribution in [3.05, 3.63) is 0 Å². The van der Waals surface area contributed by atoms with Crippen molar-refractivity contribution in [2.45, 2.75) is 150 Å². The molecule has 0 aliphatic heterocycles. The maximum Gasteiger partial charge on any atom is 0.308 e. The monoisotopic (exact) mass is 410 g/mol. The van der Waals surface area contributed by atoms with Crippen LogP contribution in [0.2, 0.25) is 0 Å². The zero-order valence-corrected chi connectivity index (χ0v) is 20.6. The number of hydrogen-bond donors (Lipinski definition) is 0. The van der Waals surface area contributed by atoms with Gasteiger partial charge in [0, 0.05) is 0 Å². The first-order chi connectivity index (χ1) is 14.1. The minimum absolute atomic E-state index is 0.0201. The molecule has 2 nitrogen and oxygen atoms in total. The minimum atomic E-state index is 0.0201.